The van der Waals surface area contributed by atoms with Crippen LogP contribution in [0.4, 0.5) is 0 Å². The summed E-state index contributed by atoms with van der Waals surface area (Å²) in [5.74, 6) is 2.63. The molecule has 0 radical (unpaired) electrons. The summed E-state index contributed by atoms with van der Waals surface area (Å²) >= 11 is 1.88. The average Bonchev–Trinajstić information content (AvgIpc) is 3.17. The molecular weight excluding hydrogens is 446 g/mol. The van der Waals surface area contributed by atoms with Gasteiger partial charge < -0.3 is 21.1 Å². The van der Waals surface area contributed by atoms with E-state index in [1.807, 2.05) is 38.2 Å². The zero-order chi connectivity index (χ0) is 24.4. The van der Waals surface area contributed by atoms with E-state index in [9.17, 15) is 4.79 Å². The van der Waals surface area contributed by atoms with Gasteiger partial charge in [0.05, 0.1) is 6.61 Å². The first-order chi connectivity index (χ1) is 16.5. The SMILES string of the molecule is CN(C)CCN.O=C1NC(C2CCCCC2)=NC12CCN(SCCc1ccc(CO)cc1)CC2. The topological polar surface area (TPSA) is 94.2 Å². The molecule has 1 saturated carbocycles. The Morgan fingerprint density at radius 2 is 1.79 bits per heavy atom. The van der Waals surface area contributed by atoms with Crippen molar-refractivity contribution in [1.82, 2.24) is 14.5 Å². The zero-order valence-corrected chi connectivity index (χ0v) is 21.8. The maximum absolute atomic E-state index is 12.7. The van der Waals surface area contributed by atoms with Crippen LogP contribution in [-0.4, -0.2) is 77.6 Å². The molecule has 0 aromatic heterocycles. The summed E-state index contributed by atoms with van der Waals surface area (Å²) in [5.41, 5.74) is 6.95. The number of rotatable bonds is 8. The molecule has 1 aromatic carbocycles. The highest BCUT2D eigenvalue weighted by molar-refractivity contribution is 7.97. The molecule has 0 bridgehead atoms. The van der Waals surface area contributed by atoms with Crippen molar-refractivity contribution in [1.29, 1.82) is 0 Å². The number of hydrogen-bond donors (Lipinski definition) is 3. The molecule has 1 aromatic rings. The minimum absolute atomic E-state index is 0.100. The number of nitrogens with two attached hydrogens (primary N) is 1. The van der Waals surface area contributed by atoms with Gasteiger partial charge in [-0.3, -0.25) is 14.1 Å². The number of piperidine rings is 1. The van der Waals surface area contributed by atoms with Crippen LogP contribution in [-0.2, 0) is 17.8 Å². The lowest BCUT2D eigenvalue weighted by Crippen LogP contribution is -2.47. The van der Waals surface area contributed by atoms with Crippen molar-refractivity contribution in [3.05, 3.63) is 35.4 Å². The molecule has 2 fully saturated rings. The Morgan fingerprint density at radius 1 is 1.15 bits per heavy atom. The zero-order valence-electron chi connectivity index (χ0n) is 21.0. The van der Waals surface area contributed by atoms with Crippen LogP contribution in [0.3, 0.4) is 0 Å². The van der Waals surface area contributed by atoms with Gasteiger partial charge in [-0.1, -0.05) is 55.5 Å². The van der Waals surface area contributed by atoms with Crippen molar-refractivity contribution in [2.75, 3.05) is 46.0 Å². The molecular formula is C26H43N5O2S. The number of nitrogens with one attached hydrogen (secondary N) is 1. The molecule has 0 atom stereocenters. The van der Waals surface area contributed by atoms with Crippen molar-refractivity contribution in [2.45, 2.75) is 63.5 Å². The third kappa shape index (κ3) is 7.78. The number of amidine groups is 1. The number of likely N-dealkylation sites (N-methyl/N-ethyl adjacent to an activating group) is 1. The Kier molecular flexibility index (Phi) is 10.8. The largest absolute Gasteiger partial charge is 0.392 e. The van der Waals surface area contributed by atoms with Crippen LogP contribution in [0.25, 0.3) is 0 Å². The molecule has 190 valence electrons. The van der Waals surface area contributed by atoms with Gasteiger partial charge in [0.2, 0.25) is 0 Å². The van der Waals surface area contributed by atoms with E-state index in [1.165, 1.54) is 37.7 Å². The van der Waals surface area contributed by atoms with Crippen LogP contribution < -0.4 is 11.1 Å². The summed E-state index contributed by atoms with van der Waals surface area (Å²) in [6.45, 7) is 3.68. The summed E-state index contributed by atoms with van der Waals surface area (Å²) in [7, 11) is 4.01. The quantitative estimate of drug-likeness (QED) is 0.486. The highest BCUT2D eigenvalue weighted by Gasteiger charge is 2.46. The second-order valence-corrected chi connectivity index (χ2v) is 11.1. The van der Waals surface area contributed by atoms with E-state index in [0.29, 0.717) is 5.92 Å². The molecule has 4 N–H and O–H groups in total. The monoisotopic (exact) mass is 489 g/mol. The van der Waals surface area contributed by atoms with Crippen molar-refractivity contribution >= 4 is 23.7 Å². The highest BCUT2D eigenvalue weighted by atomic mass is 32.2. The second-order valence-electron chi connectivity index (χ2n) is 9.90. The van der Waals surface area contributed by atoms with Gasteiger partial charge in [-0.15, -0.1) is 0 Å². The minimum atomic E-state index is -0.496. The van der Waals surface area contributed by atoms with E-state index in [2.05, 4.69) is 26.7 Å². The molecule has 1 aliphatic carbocycles. The molecule has 2 aliphatic heterocycles. The fourth-order valence-corrected chi connectivity index (χ4v) is 5.82. The van der Waals surface area contributed by atoms with E-state index in [4.69, 9.17) is 15.8 Å². The standard InChI is InChI=1S/C22H31N3O2S.C4H12N2/c26-16-18-8-6-17(7-9-18)10-15-28-25-13-11-22(12-14-25)21(27)23-20(24-22)19-4-2-1-3-5-19;1-6(2)4-3-5/h6-9,19,26H,1-5,10-16H2,(H,23,24,27);3-5H2,1-2H3. The van der Waals surface area contributed by atoms with Crippen molar-refractivity contribution in [3.63, 3.8) is 0 Å². The molecule has 0 unspecified atom stereocenters. The van der Waals surface area contributed by atoms with Gasteiger partial charge in [0, 0.05) is 37.8 Å². The molecule has 1 saturated heterocycles. The van der Waals surface area contributed by atoms with Crippen LogP contribution in [0, 0.1) is 5.92 Å². The number of amides is 1. The normalized spacial score (nSPS) is 20.7. The van der Waals surface area contributed by atoms with Gasteiger partial charge in [0.25, 0.3) is 5.91 Å². The van der Waals surface area contributed by atoms with Crippen LogP contribution in [0.2, 0.25) is 0 Å². The molecule has 34 heavy (non-hydrogen) atoms. The van der Waals surface area contributed by atoms with Crippen molar-refractivity contribution in [2.24, 2.45) is 16.6 Å². The molecule has 2 heterocycles. The minimum Gasteiger partial charge on any atom is -0.392 e. The Hall–Kier alpha value is -1.45. The Bertz CT molecular complexity index is 785. The summed E-state index contributed by atoms with van der Waals surface area (Å²) in [6.07, 6.45) is 8.87. The summed E-state index contributed by atoms with van der Waals surface area (Å²) in [4.78, 5) is 19.7. The van der Waals surface area contributed by atoms with E-state index >= 15 is 0 Å². The molecule has 7 nitrogen and oxygen atoms in total. The lowest BCUT2D eigenvalue weighted by atomic mass is 9.88. The van der Waals surface area contributed by atoms with E-state index < -0.39 is 5.54 Å². The summed E-state index contributed by atoms with van der Waals surface area (Å²) < 4.78 is 2.40. The Balaban J connectivity index is 0.000000481. The molecule has 1 spiro atoms. The van der Waals surface area contributed by atoms with Gasteiger partial charge in [-0.05, 0) is 57.3 Å². The number of hydrogen-bond acceptors (Lipinski definition) is 7. The molecule has 3 aliphatic rings. The summed E-state index contributed by atoms with van der Waals surface area (Å²) in [5, 5.41) is 12.3. The van der Waals surface area contributed by atoms with Gasteiger partial charge >= 0.3 is 0 Å². The van der Waals surface area contributed by atoms with Crippen LogP contribution >= 0.6 is 11.9 Å². The van der Waals surface area contributed by atoms with Crippen LogP contribution in [0.1, 0.15) is 56.1 Å². The average molecular weight is 490 g/mol. The predicted octanol–water partition coefficient (Wildman–Crippen LogP) is 2.82. The third-order valence-corrected chi connectivity index (χ3v) is 8.10. The Morgan fingerprint density at radius 3 is 2.35 bits per heavy atom. The predicted molar refractivity (Wildman–Crippen MR) is 142 cm³/mol. The molecule has 4 rings (SSSR count). The van der Waals surface area contributed by atoms with Crippen molar-refractivity contribution < 1.29 is 9.90 Å². The smallest absolute Gasteiger partial charge is 0.253 e. The number of nitrogens with zero attached hydrogens (tertiary/aromatic N) is 3. The van der Waals surface area contributed by atoms with Gasteiger partial charge in [0.1, 0.15) is 11.4 Å². The van der Waals surface area contributed by atoms with E-state index in [-0.39, 0.29) is 12.5 Å². The van der Waals surface area contributed by atoms with Crippen LogP contribution in [0.5, 0.6) is 0 Å². The first-order valence-electron chi connectivity index (χ1n) is 12.8. The maximum Gasteiger partial charge on any atom is 0.253 e. The first kappa shape index (κ1) is 27.1. The lowest BCUT2D eigenvalue weighted by molar-refractivity contribution is -0.124. The number of aryl methyl sites for hydroxylation is 1. The number of benzene rings is 1. The fraction of sp³-hybridized carbons (Fsp3) is 0.692. The lowest BCUT2D eigenvalue weighted by Gasteiger charge is -2.34. The third-order valence-electron chi connectivity index (χ3n) is 6.99. The maximum atomic E-state index is 12.7. The highest BCUT2D eigenvalue weighted by Crippen LogP contribution is 2.35. The number of aliphatic imine (C=N–C) groups is 1. The molecule has 1 amide bonds. The van der Waals surface area contributed by atoms with Gasteiger partial charge in [-0.2, -0.15) is 0 Å². The van der Waals surface area contributed by atoms with Crippen molar-refractivity contribution in [3.8, 4) is 0 Å². The Labute approximate surface area is 209 Å². The van der Waals surface area contributed by atoms with E-state index in [0.717, 1.165) is 62.6 Å². The number of aliphatic hydroxyl groups is 1. The second kappa shape index (κ2) is 13.6. The molecule has 8 heteroatoms. The van der Waals surface area contributed by atoms with Gasteiger partial charge in [0.15, 0.2) is 0 Å². The number of carbonyl (C=O) groups excluding carboxylic acids is 1. The number of aliphatic hydroxyl groups excluding tert-OH is 1. The number of carbonyl (C=O) groups is 1. The fourth-order valence-electron chi connectivity index (χ4n) is 4.80. The first-order valence-corrected chi connectivity index (χ1v) is 13.7. The van der Waals surface area contributed by atoms with E-state index in [1.54, 1.807) is 0 Å². The van der Waals surface area contributed by atoms with Crippen LogP contribution in [0.15, 0.2) is 29.3 Å². The van der Waals surface area contributed by atoms with Gasteiger partial charge in [-0.25, -0.2) is 0 Å². The summed E-state index contributed by atoms with van der Waals surface area (Å²) in [6, 6.07) is 8.18.